The van der Waals surface area contributed by atoms with E-state index in [2.05, 4.69) is 47.9 Å². The number of benzene rings is 3. The monoisotopic (exact) mass is 898 g/mol. The highest BCUT2D eigenvalue weighted by Gasteiger charge is 2.42. The van der Waals surface area contributed by atoms with Gasteiger partial charge in [-0.1, -0.05) is 36.4 Å². The average molecular weight is 899 g/mol. The highest BCUT2D eigenvalue weighted by atomic mass is 32.1. The van der Waals surface area contributed by atoms with Gasteiger partial charge in [-0.05, 0) is 97.6 Å². The lowest BCUT2D eigenvalue weighted by atomic mass is 9.89. The minimum Gasteiger partial charge on any atom is -0.374 e. The Hall–Kier alpha value is -6.30. The summed E-state index contributed by atoms with van der Waals surface area (Å²) in [6.07, 6.45) is 7.75. The molecular formula is C48H51FN10O5S. The number of anilines is 2. The summed E-state index contributed by atoms with van der Waals surface area (Å²) in [5, 5.41) is 10.6. The molecule has 10 rings (SSSR count). The Bertz CT molecular complexity index is 2600. The third-order valence-electron chi connectivity index (χ3n) is 13.6. The number of imide groups is 1. The van der Waals surface area contributed by atoms with Gasteiger partial charge >= 0.3 is 0 Å². The smallest absolute Gasteiger partial charge is 0.255 e. The molecule has 0 radical (unpaired) electrons. The van der Waals surface area contributed by atoms with Gasteiger partial charge in [-0.25, -0.2) is 14.4 Å². The summed E-state index contributed by atoms with van der Waals surface area (Å²) >= 11 is 1.28. The molecule has 0 aliphatic carbocycles. The summed E-state index contributed by atoms with van der Waals surface area (Å²) in [6, 6.07) is 17.9. The van der Waals surface area contributed by atoms with Crippen LogP contribution in [-0.4, -0.2) is 116 Å². The van der Waals surface area contributed by atoms with Crippen LogP contribution in [0.3, 0.4) is 0 Å². The molecule has 15 nitrogen and oxygen atoms in total. The zero-order valence-corrected chi connectivity index (χ0v) is 36.8. The Kier molecular flexibility index (Phi) is 12.0. The number of aromatic nitrogens is 3. The summed E-state index contributed by atoms with van der Waals surface area (Å²) in [6.45, 7) is 6.48. The van der Waals surface area contributed by atoms with Crippen molar-refractivity contribution < 1.29 is 28.4 Å². The van der Waals surface area contributed by atoms with E-state index >= 15 is 4.39 Å². The molecule has 5 aliphatic heterocycles. The lowest BCUT2D eigenvalue weighted by molar-refractivity contribution is -0.135. The molecule has 3 saturated heterocycles. The standard InChI is InChI=1S/C48H51FN10O5S/c49-38-25-34(24-36-37(38)27-59(47(36)64)44(46(63)54-48-50-15-23-65-48)43-40-2-1-16-58(40)29-51-43)32-5-3-30(4-6-32)26-56-19-21-57(22-20-56)42(61)28-55-17-13-33(14-18-55)31-7-9-35(10-8-31)52-39-11-12-41(60)53-45(39)62/h3-10,15,23-25,29,33,39,44,52H,1-2,11-14,16-22,26-28H2,(H,50,54,63)(H,53,60,62). The molecule has 0 spiro atoms. The molecule has 0 saturated carbocycles. The van der Waals surface area contributed by atoms with Gasteiger partial charge in [0.2, 0.25) is 17.7 Å². The number of nitrogens with one attached hydrogen (secondary N) is 3. The molecule has 2 unspecified atom stereocenters. The Morgan fingerprint density at radius 1 is 0.862 bits per heavy atom. The quantitative estimate of drug-likeness (QED) is 0.143. The average Bonchev–Trinajstić information content (AvgIpc) is 4.14. The van der Waals surface area contributed by atoms with Gasteiger partial charge in [-0.3, -0.25) is 44.4 Å². The highest BCUT2D eigenvalue weighted by Crippen LogP contribution is 2.38. The molecule has 2 aromatic heterocycles. The van der Waals surface area contributed by atoms with Crippen LogP contribution >= 0.6 is 11.3 Å². The third kappa shape index (κ3) is 9.04. The van der Waals surface area contributed by atoms with Gasteiger partial charge in [-0.15, -0.1) is 11.3 Å². The van der Waals surface area contributed by atoms with Crippen LogP contribution in [0.25, 0.3) is 11.1 Å². The number of carbonyl (C=O) groups is 5. The first-order chi connectivity index (χ1) is 31.6. The minimum atomic E-state index is -1.05. The number of fused-ring (bicyclic) bond motifs is 2. The summed E-state index contributed by atoms with van der Waals surface area (Å²) in [4.78, 5) is 81.7. The highest BCUT2D eigenvalue weighted by molar-refractivity contribution is 7.13. The molecule has 3 aromatic carbocycles. The van der Waals surface area contributed by atoms with Crippen LogP contribution in [0.2, 0.25) is 0 Å². The summed E-state index contributed by atoms with van der Waals surface area (Å²) in [7, 11) is 0. The predicted molar refractivity (Wildman–Crippen MR) is 242 cm³/mol. The number of halogens is 1. The van der Waals surface area contributed by atoms with Crippen LogP contribution in [0.4, 0.5) is 15.2 Å². The van der Waals surface area contributed by atoms with E-state index in [0.717, 1.165) is 87.5 Å². The van der Waals surface area contributed by atoms with Crippen molar-refractivity contribution >= 4 is 51.7 Å². The van der Waals surface area contributed by atoms with Crippen molar-refractivity contribution in [3.05, 3.63) is 118 Å². The first kappa shape index (κ1) is 42.6. The van der Waals surface area contributed by atoms with Crippen LogP contribution in [0, 0.1) is 5.82 Å². The lowest BCUT2D eigenvalue weighted by Gasteiger charge is -2.37. The Morgan fingerprint density at radius 2 is 1.65 bits per heavy atom. The fourth-order valence-corrected chi connectivity index (χ4v) is 10.5. The van der Waals surface area contributed by atoms with Gasteiger partial charge in [0.05, 0.1) is 25.1 Å². The van der Waals surface area contributed by atoms with Crippen molar-refractivity contribution in [2.45, 2.75) is 76.2 Å². The van der Waals surface area contributed by atoms with Crippen LogP contribution in [0.5, 0.6) is 0 Å². The number of imidazole rings is 1. The maximum absolute atomic E-state index is 15.9. The Morgan fingerprint density at radius 3 is 2.38 bits per heavy atom. The maximum atomic E-state index is 15.9. The molecule has 3 fully saturated rings. The summed E-state index contributed by atoms with van der Waals surface area (Å²) in [5.74, 6) is -1.27. The number of carbonyl (C=O) groups excluding carboxylic acids is 5. The zero-order chi connectivity index (χ0) is 44.6. The molecule has 0 bridgehead atoms. The van der Waals surface area contributed by atoms with Crippen molar-refractivity contribution in [3.8, 4) is 11.1 Å². The normalized spacial score (nSPS) is 19.8. The van der Waals surface area contributed by atoms with Crippen LogP contribution in [0.1, 0.15) is 82.5 Å². The summed E-state index contributed by atoms with van der Waals surface area (Å²) in [5.41, 5.74) is 6.52. The van der Waals surface area contributed by atoms with Crippen molar-refractivity contribution in [2.24, 2.45) is 0 Å². The second kappa shape index (κ2) is 18.3. The number of nitrogens with zero attached hydrogens (tertiary/aromatic N) is 7. The molecule has 3 N–H and O–H groups in total. The van der Waals surface area contributed by atoms with E-state index in [0.29, 0.717) is 54.8 Å². The number of thiazole rings is 1. The molecule has 5 aliphatic rings. The topological polar surface area (TPSA) is 165 Å². The van der Waals surface area contributed by atoms with Crippen molar-refractivity contribution in [3.63, 3.8) is 0 Å². The number of hydrogen-bond acceptors (Lipinski definition) is 11. The van der Waals surface area contributed by atoms with Crippen LogP contribution in [0.15, 0.2) is 78.6 Å². The summed E-state index contributed by atoms with van der Waals surface area (Å²) < 4.78 is 17.9. The molecule has 5 amide bonds. The van der Waals surface area contributed by atoms with Crippen molar-refractivity contribution in [1.29, 1.82) is 0 Å². The van der Waals surface area contributed by atoms with Gasteiger partial charge < -0.3 is 19.7 Å². The van der Waals surface area contributed by atoms with Crippen molar-refractivity contribution in [2.75, 3.05) is 56.4 Å². The fourth-order valence-electron chi connectivity index (χ4n) is 9.98. The number of aryl methyl sites for hydroxylation is 1. The Labute approximate surface area is 380 Å². The zero-order valence-electron chi connectivity index (χ0n) is 36.0. The van der Waals surface area contributed by atoms with E-state index in [4.69, 9.17) is 0 Å². The number of piperidine rings is 2. The van der Waals surface area contributed by atoms with E-state index < -0.39 is 29.7 Å². The number of hydrogen-bond donors (Lipinski definition) is 3. The number of rotatable bonds is 12. The number of likely N-dealkylation sites (tertiary alicyclic amines) is 1. The van der Waals surface area contributed by atoms with Gasteiger partial charge in [0, 0.05) is 79.8 Å². The SMILES string of the molecule is O=C1CCC(Nc2ccc(C3CCN(CC(=O)N4CCN(Cc5ccc(-c6cc(F)c7c(c6)C(=O)N(C(C(=O)Nc6nccs6)c6ncn8c6CCC8)C7)cc5)CC4)CC3)cc2)C(=O)N1. The third-order valence-corrected chi connectivity index (χ3v) is 14.3. The molecule has 2 atom stereocenters. The van der Waals surface area contributed by atoms with Gasteiger partial charge in [-0.2, -0.15) is 0 Å². The Balaban J connectivity index is 0.702. The minimum absolute atomic E-state index is 0.0496. The van der Waals surface area contributed by atoms with E-state index in [1.807, 2.05) is 45.9 Å². The van der Waals surface area contributed by atoms with Crippen molar-refractivity contribution in [1.82, 2.24) is 39.5 Å². The first-order valence-corrected chi connectivity index (χ1v) is 23.4. The van der Waals surface area contributed by atoms with Crippen LogP contribution in [-0.2, 0) is 45.2 Å². The maximum Gasteiger partial charge on any atom is 0.255 e. The van der Waals surface area contributed by atoms with E-state index in [1.54, 1.807) is 24.0 Å². The molecular weight excluding hydrogens is 848 g/mol. The van der Waals surface area contributed by atoms with Gasteiger partial charge in [0.1, 0.15) is 11.9 Å². The molecule has 336 valence electrons. The predicted octanol–water partition coefficient (Wildman–Crippen LogP) is 5.17. The number of amides is 5. The largest absolute Gasteiger partial charge is 0.374 e. The van der Waals surface area contributed by atoms with E-state index in [-0.39, 0.29) is 35.4 Å². The molecule has 17 heteroatoms. The first-order valence-electron chi connectivity index (χ1n) is 22.5. The molecule has 5 aromatic rings. The van der Waals surface area contributed by atoms with E-state index in [9.17, 15) is 24.0 Å². The van der Waals surface area contributed by atoms with Gasteiger partial charge in [0.25, 0.3) is 11.8 Å². The second-order valence-corrected chi connectivity index (χ2v) is 18.6. The molecule has 7 heterocycles. The van der Waals surface area contributed by atoms with E-state index in [1.165, 1.54) is 27.9 Å². The fraction of sp³-hybridized carbons (Fsp3) is 0.396. The van der Waals surface area contributed by atoms with Gasteiger partial charge in [0.15, 0.2) is 11.2 Å². The lowest BCUT2D eigenvalue weighted by Crippen LogP contribution is -2.51. The van der Waals surface area contributed by atoms with Crippen LogP contribution < -0.4 is 16.0 Å². The molecule has 65 heavy (non-hydrogen) atoms. The second-order valence-electron chi connectivity index (χ2n) is 17.7. The number of piperazine rings is 1.